The van der Waals surface area contributed by atoms with E-state index in [1.807, 2.05) is 75.4 Å². The lowest BCUT2D eigenvalue weighted by atomic mass is 9.87. The number of para-hydroxylation sites is 1. The molecular weight excluding hydrogens is 274 g/mol. The first kappa shape index (κ1) is 16.0. The SMILES string of the molecule is CC(C)(C)[C@H](N)C(=O)Nc1ccc(Nc2ccccc2)cc1. The Morgan fingerprint density at radius 1 is 0.909 bits per heavy atom. The fraction of sp³-hybridized carbons (Fsp3) is 0.278. The fourth-order valence-electron chi connectivity index (χ4n) is 1.94. The summed E-state index contributed by atoms with van der Waals surface area (Å²) < 4.78 is 0. The van der Waals surface area contributed by atoms with Crippen LogP contribution in [0.4, 0.5) is 17.1 Å². The molecule has 22 heavy (non-hydrogen) atoms. The molecule has 1 atom stereocenters. The molecule has 2 aromatic carbocycles. The maximum Gasteiger partial charge on any atom is 0.241 e. The minimum absolute atomic E-state index is 0.170. The molecule has 1 amide bonds. The van der Waals surface area contributed by atoms with Gasteiger partial charge < -0.3 is 16.4 Å². The van der Waals surface area contributed by atoms with Gasteiger partial charge in [-0.3, -0.25) is 4.79 Å². The topological polar surface area (TPSA) is 67.2 Å². The van der Waals surface area contributed by atoms with E-state index >= 15 is 0 Å². The number of anilines is 3. The summed E-state index contributed by atoms with van der Waals surface area (Å²) in [6.07, 6.45) is 0. The van der Waals surface area contributed by atoms with Crippen LogP contribution in [0.5, 0.6) is 0 Å². The van der Waals surface area contributed by atoms with Crippen LogP contribution in [0.3, 0.4) is 0 Å². The first-order valence-corrected chi connectivity index (χ1v) is 7.35. The molecular formula is C18H23N3O. The number of rotatable bonds is 4. The third kappa shape index (κ3) is 4.33. The Hall–Kier alpha value is -2.33. The zero-order valence-corrected chi connectivity index (χ0v) is 13.3. The summed E-state index contributed by atoms with van der Waals surface area (Å²) in [5.74, 6) is -0.170. The van der Waals surface area contributed by atoms with Crippen molar-refractivity contribution in [2.45, 2.75) is 26.8 Å². The minimum Gasteiger partial charge on any atom is -0.356 e. The first-order chi connectivity index (χ1) is 10.4. The minimum atomic E-state index is -0.547. The van der Waals surface area contributed by atoms with Crippen LogP contribution in [0.2, 0.25) is 0 Å². The molecule has 4 nitrogen and oxygen atoms in total. The molecule has 0 saturated carbocycles. The smallest absolute Gasteiger partial charge is 0.241 e. The van der Waals surface area contributed by atoms with E-state index < -0.39 is 6.04 Å². The number of nitrogens with one attached hydrogen (secondary N) is 2. The maximum absolute atomic E-state index is 12.1. The summed E-state index contributed by atoms with van der Waals surface area (Å²) >= 11 is 0. The molecule has 0 aliphatic rings. The lowest BCUT2D eigenvalue weighted by molar-refractivity contribution is -0.119. The van der Waals surface area contributed by atoms with E-state index in [1.165, 1.54) is 0 Å². The molecule has 4 N–H and O–H groups in total. The molecule has 0 radical (unpaired) electrons. The van der Waals surface area contributed by atoms with Crippen LogP contribution < -0.4 is 16.4 Å². The van der Waals surface area contributed by atoms with Gasteiger partial charge >= 0.3 is 0 Å². The van der Waals surface area contributed by atoms with E-state index in [4.69, 9.17) is 5.73 Å². The van der Waals surface area contributed by atoms with E-state index in [1.54, 1.807) is 0 Å². The molecule has 2 rings (SSSR count). The Morgan fingerprint density at radius 2 is 1.41 bits per heavy atom. The fourth-order valence-corrected chi connectivity index (χ4v) is 1.94. The van der Waals surface area contributed by atoms with E-state index in [-0.39, 0.29) is 11.3 Å². The summed E-state index contributed by atoms with van der Waals surface area (Å²) in [5, 5.41) is 6.14. The number of carbonyl (C=O) groups excluding carboxylic acids is 1. The van der Waals surface area contributed by atoms with Gasteiger partial charge in [0.25, 0.3) is 0 Å². The standard InChI is InChI=1S/C18H23N3O/c1-18(2,3)16(19)17(22)21-15-11-9-14(10-12-15)20-13-7-5-4-6-8-13/h4-12,16,20H,19H2,1-3H3,(H,21,22)/t16-/m1/s1. The molecule has 2 aromatic rings. The molecule has 116 valence electrons. The van der Waals surface area contributed by atoms with Crippen molar-refractivity contribution in [3.63, 3.8) is 0 Å². The van der Waals surface area contributed by atoms with Crippen molar-refractivity contribution in [1.82, 2.24) is 0 Å². The van der Waals surface area contributed by atoms with Gasteiger partial charge in [0.05, 0.1) is 6.04 Å². The average Bonchev–Trinajstić information content (AvgIpc) is 2.48. The molecule has 0 heterocycles. The van der Waals surface area contributed by atoms with Crippen LogP contribution in [0.15, 0.2) is 54.6 Å². The Labute approximate surface area is 131 Å². The average molecular weight is 297 g/mol. The zero-order chi connectivity index (χ0) is 16.2. The van der Waals surface area contributed by atoms with Crippen molar-refractivity contribution in [2.24, 2.45) is 11.1 Å². The van der Waals surface area contributed by atoms with Crippen LogP contribution in [-0.4, -0.2) is 11.9 Å². The molecule has 0 aromatic heterocycles. The Bertz CT molecular complexity index is 615. The third-order valence-electron chi connectivity index (χ3n) is 3.43. The molecule has 0 unspecified atom stereocenters. The van der Waals surface area contributed by atoms with Gasteiger partial charge in [-0.25, -0.2) is 0 Å². The molecule has 0 spiro atoms. The van der Waals surface area contributed by atoms with Gasteiger partial charge in [0.1, 0.15) is 0 Å². The zero-order valence-electron chi connectivity index (χ0n) is 13.3. The second kappa shape index (κ2) is 6.62. The first-order valence-electron chi connectivity index (χ1n) is 7.35. The number of nitrogens with two attached hydrogens (primary N) is 1. The summed E-state index contributed by atoms with van der Waals surface area (Å²) in [6, 6.07) is 16.9. The summed E-state index contributed by atoms with van der Waals surface area (Å²) in [4.78, 5) is 12.1. The van der Waals surface area contributed by atoms with Crippen molar-refractivity contribution in [1.29, 1.82) is 0 Å². The number of amides is 1. The van der Waals surface area contributed by atoms with Gasteiger partial charge in [-0.2, -0.15) is 0 Å². The Morgan fingerprint density at radius 3 is 1.95 bits per heavy atom. The highest BCUT2D eigenvalue weighted by Crippen LogP contribution is 2.21. The van der Waals surface area contributed by atoms with Crippen LogP contribution in [-0.2, 0) is 4.79 Å². The quantitative estimate of drug-likeness (QED) is 0.805. The number of hydrogen-bond donors (Lipinski definition) is 3. The predicted molar refractivity (Wildman–Crippen MR) is 92.2 cm³/mol. The van der Waals surface area contributed by atoms with E-state index in [0.29, 0.717) is 0 Å². The normalized spacial score (nSPS) is 12.5. The molecule has 0 saturated heterocycles. The van der Waals surface area contributed by atoms with Crippen LogP contribution >= 0.6 is 0 Å². The highest BCUT2D eigenvalue weighted by Gasteiger charge is 2.27. The molecule has 0 aliphatic heterocycles. The predicted octanol–water partition coefficient (Wildman–Crippen LogP) is 3.74. The number of hydrogen-bond acceptors (Lipinski definition) is 3. The largest absolute Gasteiger partial charge is 0.356 e. The van der Waals surface area contributed by atoms with Crippen LogP contribution in [0.25, 0.3) is 0 Å². The maximum atomic E-state index is 12.1. The van der Waals surface area contributed by atoms with Gasteiger partial charge in [0, 0.05) is 17.1 Å². The number of carbonyl (C=O) groups is 1. The summed E-state index contributed by atoms with van der Waals surface area (Å²) in [5.41, 5.74) is 8.41. The van der Waals surface area contributed by atoms with Gasteiger partial charge in [-0.05, 0) is 41.8 Å². The molecule has 0 fully saturated rings. The van der Waals surface area contributed by atoms with E-state index in [2.05, 4.69) is 10.6 Å². The van der Waals surface area contributed by atoms with Gasteiger partial charge in [0.2, 0.25) is 5.91 Å². The second-order valence-electron chi connectivity index (χ2n) is 6.40. The lowest BCUT2D eigenvalue weighted by Crippen LogP contribution is -2.45. The molecule has 4 heteroatoms. The molecule has 0 bridgehead atoms. The van der Waals surface area contributed by atoms with Crippen molar-refractivity contribution < 1.29 is 4.79 Å². The monoisotopic (exact) mass is 297 g/mol. The van der Waals surface area contributed by atoms with Gasteiger partial charge in [-0.1, -0.05) is 39.0 Å². The van der Waals surface area contributed by atoms with Crippen molar-refractivity contribution in [2.75, 3.05) is 10.6 Å². The Kier molecular flexibility index (Phi) is 4.83. The highest BCUT2D eigenvalue weighted by atomic mass is 16.2. The van der Waals surface area contributed by atoms with Crippen molar-refractivity contribution in [3.05, 3.63) is 54.6 Å². The number of benzene rings is 2. The van der Waals surface area contributed by atoms with Crippen molar-refractivity contribution in [3.8, 4) is 0 Å². The second-order valence-corrected chi connectivity index (χ2v) is 6.40. The van der Waals surface area contributed by atoms with Crippen molar-refractivity contribution >= 4 is 23.0 Å². The highest BCUT2D eigenvalue weighted by molar-refractivity contribution is 5.95. The Balaban J connectivity index is 1.99. The summed E-state index contributed by atoms with van der Waals surface area (Å²) in [7, 11) is 0. The van der Waals surface area contributed by atoms with E-state index in [9.17, 15) is 4.79 Å². The van der Waals surface area contributed by atoms with Gasteiger partial charge in [-0.15, -0.1) is 0 Å². The van der Waals surface area contributed by atoms with Gasteiger partial charge in [0.15, 0.2) is 0 Å². The summed E-state index contributed by atoms with van der Waals surface area (Å²) in [6.45, 7) is 5.85. The van der Waals surface area contributed by atoms with Crippen LogP contribution in [0.1, 0.15) is 20.8 Å². The van der Waals surface area contributed by atoms with Crippen LogP contribution in [0, 0.1) is 5.41 Å². The third-order valence-corrected chi connectivity index (χ3v) is 3.43. The lowest BCUT2D eigenvalue weighted by Gasteiger charge is -2.25. The molecule has 0 aliphatic carbocycles. The van der Waals surface area contributed by atoms with E-state index in [0.717, 1.165) is 17.1 Å².